The molecule has 1 saturated heterocycles. The first-order valence-electron chi connectivity index (χ1n) is 8.50. The molecule has 0 N–H and O–H groups in total. The second-order valence-corrected chi connectivity index (χ2v) is 6.86. The van der Waals surface area contributed by atoms with Gasteiger partial charge in [-0.25, -0.2) is 0 Å². The highest BCUT2D eigenvalue weighted by Gasteiger charge is 2.35. The van der Waals surface area contributed by atoms with E-state index in [1.54, 1.807) is 0 Å². The van der Waals surface area contributed by atoms with Crippen molar-refractivity contribution in [3.63, 3.8) is 0 Å². The Kier molecular flexibility index (Phi) is 2.98. The van der Waals surface area contributed by atoms with Gasteiger partial charge < -0.3 is 0 Å². The number of hydrogen-bond acceptors (Lipinski definition) is 2. The van der Waals surface area contributed by atoms with Gasteiger partial charge >= 0.3 is 0 Å². The highest BCUT2D eigenvalue weighted by molar-refractivity contribution is 6.06. The molecule has 0 spiro atoms. The Labute approximate surface area is 137 Å². The normalized spacial score (nSPS) is 23.6. The minimum atomic E-state index is 0.240. The minimum absolute atomic E-state index is 0.240. The molecule has 23 heavy (non-hydrogen) atoms. The van der Waals surface area contributed by atoms with Gasteiger partial charge in [-0.2, -0.15) is 0 Å². The maximum atomic E-state index is 4.97. The van der Waals surface area contributed by atoms with Gasteiger partial charge in [0.15, 0.2) is 0 Å². The van der Waals surface area contributed by atoms with E-state index in [1.807, 2.05) is 0 Å². The van der Waals surface area contributed by atoms with Crippen molar-refractivity contribution in [2.45, 2.75) is 24.9 Å². The van der Waals surface area contributed by atoms with Gasteiger partial charge in [0.05, 0.1) is 11.8 Å². The summed E-state index contributed by atoms with van der Waals surface area (Å²) in [6, 6.07) is 20.4. The highest BCUT2D eigenvalue weighted by atomic mass is 15.2. The standard InChI is InChI=1S/C21H20N2/c1-2-6-15(7-3-1)20-12-18-13-23(14-21(18)22-20)19-10-16-8-4-5-9-17(16)11-19/h1-9,12,19-20H,10-11,13-14H2. The van der Waals surface area contributed by atoms with E-state index in [-0.39, 0.29) is 6.04 Å². The molecule has 2 aliphatic heterocycles. The average Bonchev–Trinajstić information content (AvgIpc) is 3.27. The Morgan fingerprint density at radius 3 is 2.22 bits per heavy atom. The van der Waals surface area contributed by atoms with Gasteiger partial charge in [-0.1, -0.05) is 54.6 Å². The van der Waals surface area contributed by atoms with Crippen LogP contribution in [0.4, 0.5) is 0 Å². The average molecular weight is 300 g/mol. The van der Waals surface area contributed by atoms with E-state index in [0.717, 1.165) is 13.1 Å². The van der Waals surface area contributed by atoms with Crippen LogP contribution in [0, 0.1) is 0 Å². The van der Waals surface area contributed by atoms with E-state index in [9.17, 15) is 0 Å². The molecule has 2 heterocycles. The molecule has 114 valence electrons. The molecule has 0 radical (unpaired) electrons. The van der Waals surface area contributed by atoms with Gasteiger partial charge in [0.1, 0.15) is 0 Å². The van der Waals surface area contributed by atoms with E-state index in [0.29, 0.717) is 6.04 Å². The van der Waals surface area contributed by atoms with Crippen LogP contribution in [0.25, 0.3) is 0 Å². The van der Waals surface area contributed by atoms with Crippen LogP contribution < -0.4 is 0 Å². The molecule has 2 aromatic rings. The van der Waals surface area contributed by atoms with Crippen LogP contribution in [0.2, 0.25) is 0 Å². The predicted molar refractivity (Wildman–Crippen MR) is 93.9 cm³/mol. The lowest BCUT2D eigenvalue weighted by Gasteiger charge is -2.22. The number of hydrogen-bond donors (Lipinski definition) is 0. The topological polar surface area (TPSA) is 15.6 Å². The van der Waals surface area contributed by atoms with E-state index in [4.69, 9.17) is 4.99 Å². The van der Waals surface area contributed by atoms with Gasteiger partial charge in [0, 0.05) is 19.1 Å². The third-order valence-corrected chi connectivity index (χ3v) is 5.44. The van der Waals surface area contributed by atoms with Gasteiger partial charge in [0.25, 0.3) is 0 Å². The van der Waals surface area contributed by atoms with Crippen molar-refractivity contribution >= 4 is 5.71 Å². The van der Waals surface area contributed by atoms with Crippen LogP contribution in [0.1, 0.15) is 22.7 Å². The van der Waals surface area contributed by atoms with E-state index < -0.39 is 0 Å². The van der Waals surface area contributed by atoms with E-state index in [1.165, 1.54) is 40.8 Å². The molecule has 1 aliphatic carbocycles. The lowest BCUT2D eigenvalue weighted by Crippen LogP contribution is -2.34. The summed E-state index contributed by atoms with van der Waals surface area (Å²) in [4.78, 5) is 7.59. The lowest BCUT2D eigenvalue weighted by atomic mass is 10.1. The predicted octanol–water partition coefficient (Wildman–Crippen LogP) is 3.59. The molecule has 0 aromatic heterocycles. The van der Waals surface area contributed by atoms with Crippen LogP contribution in [0.3, 0.4) is 0 Å². The maximum Gasteiger partial charge on any atom is 0.0941 e. The molecule has 1 atom stereocenters. The van der Waals surface area contributed by atoms with Crippen LogP contribution >= 0.6 is 0 Å². The van der Waals surface area contributed by atoms with Crippen LogP contribution in [-0.4, -0.2) is 29.7 Å². The molecule has 1 fully saturated rings. The summed E-state index contributed by atoms with van der Waals surface area (Å²) in [5.74, 6) is 0. The Balaban J connectivity index is 1.32. The number of nitrogens with zero attached hydrogens (tertiary/aromatic N) is 2. The molecular formula is C21H20N2. The molecule has 5 rings (SSSR count). The van der Waals surface area contributed by atoms with Crippen molar-refractivity contribution in [1.29, 1.82) is 0 Å². The van der Waals surface area contributed by atoms with Gasteiger partial charge in [0.2, 0.25) is 0 Å². The zero-order valence-corrected chi connectivity index (χ0v) is 13.2. The van der Waals surface area contributed by atoms with Crippen molar-refractivity contribution in [3.05, 3.63) is 82.9 Å². The third kappa shape index (κ3) is 2.25. The summed E-state index contributed by atoms with van der Waals surface area (Å²) in [6.45, 7) is 2.09. The maximum absolute atomic E-state index is 4.97. The number of likely N-dealkylation sites (tertiary alicyclic amines) is 1. The second kappa shape index (κ2) is 5.17. The zero-order valence-electron chi connectivity index (χ0n) is 13.2. The molecule has 2 heteroatoms. The highest BCUT2D eigenvalue weighted by Crippen LogP contribution is 2.34. The fourth-order valence-corrected chi connectivity index (χ4v) is 4.20. The molecule has 0 amide bonds. The van der Waals surface area contributed by atoms with E-state index in [2.05, 4.69) is 65.6 Å². The van der Waals surface area contributed by atoms with Gasteiger partial charge in [-0.05, 0) is 41.2 Å². The van der Waals surface area contributed by atoms with Gasteiger partial charge in [-0.15, -0.1) is 0 Å². The fraction of sp³-hybridized carbons (Fsp3) is 0.286. The summed E-state index contributed by atoms with van der Waals surface area (Å²) in [7, 11) is 0. The minimum Gasteiger partial charge on any atom is -0.290 e. The van der Waals surface area contributed by atoms with Crippen molar-refractivity contribution in [2.75, 3.05) is 13.1 Å². The molecule has 1 unspecified atom stereocenters. The number of fused-ring (bicyclic) bond motifs is 2. The first kappa shape index (κ1) is 13.3. The SMILES string of the molecule is C1=C2CN(C3Cc4ccccc4C3)CC2=NC1c1ccccc1. The Morgan fingerprint density at radius 2 is 1.52 bits per heavy atom. The number of aliphatic imine (C=N–C) groups is 1. The van der Waals surface area contributed by atoms with Crippen LogP contribution in [0.15, 0.2) is 71.2 Å². The molecule has 2 aromatic carbocycles. The Morgan fingerprint density at radius 1 is 0.826 bits per heavy atom. The molecule has 2 nitrogen and oxygen atoms in total. The van der Waals surface area contributed by atoms with Crippen LogP contribution in [-0.2, 0) is 12.8 Å². The smallest absolute Gasteiger partial charge is 0.0941 e. The summed E-state index contributed by atoms with van der Waals surface area (Å²) < 4.78 is 0. The van der Waals surface area contributed by atoms with Crippen molar-refractivity contribution in [3.8, 4) is 0 Å². The second-order valence-electron chi connectivity index (χ2n) is 6.86. The van der Waals surface area contributed by atoms with Crippen molar-refractivity contribution < 1.29 is 0 Å². The Bertz CT molecular complexity index is 757. The third-order valence-electron chi connectivity index (χ3n) is 5.44. The first-order valence-corrected chi connectivity index (χ1v) is 8.50. The number of rotatable bonds is 2. The summed E-state index contributed by atoms with van der Waals surface area (Å²) in [5.41, 5.74) is 7.15. The summed E-state index contributed by atoms with van der Waals surface area (Å²) >= 11 is 0. The zero-order chi connectivity index (χ0) is 15.2. The van der Waals surface area contributed by atoms with E-state index >= 15 is 0 Å². The van der Waals surface area contributed by atoms with Crippen molar-refractivity contribution in [2.24, 2.45) is 4.99 Å². The van der Waals surface area contributed by atoms with Crippen molar-refractivity contribution in [1.82, 2.24) is 4.90 Å². The molecule has 3 aliphatic rings. The fourth-order valence-electron chi connectivity index (χ4n) is 4.20. The quantitative estimate of drug-likeness (QED) is 0.827. The molecular weight excluding hydrogens is 280 g/mol. The molecule has 0 saturated carbocycles. The van der Waals surface area contributed by atoms with Crippen LogP contribution in [0.5, 0.6) is 0 Å². The lowest BCUT2D eigenvalue weighted by molar-refractivity contribution is 0.266. The largest absolute Gasteiger partial charge is 0.290 e. The van der Waals surface area contributed by atoms with Gasteiger partial charge in [-0.3, -0.25) is 9.89 Å². The summed E-state index contributed by atoms with van der Waals surface area (Å²) in [6.07, 6.45) is 4.75. The Hall–Kier alpha value is -2.19. The number of benzene rings is 2. The first-order chi connectivity index (χ1) is 11.4. The summed E-state index contributed by atoms with van der Waals surface area (Å²) in [5, 5.41) is 0. The molecule has 0 bridgehead atoms. The monoisotopic (exact) mass is 300 g/mol.